The van der Waals surface area contributed by atoms with Gasteiger partial charge < -0.3 is 25.4 Å². The minimum Gasteiger partial charge on any atom is -0.494 e. The molecule has 0 saturated carbocycles. The highest BCUT2D eigenvalue weighted by molar-refractivity contribution is 5.78. The first-order chi connectivity index (χ1) is 12.5. The number of carbonyl (C=O) groups excluding carboxylic acids is 1. The Kier molecular flexibility index (Phi) is 7.50. The van der Waals surface area contributed by atoms with Crippen LogP contribution in [0.4, 0.5) is 9.18 Å². The molecule has 1 fully saturated rings. The standard InChI is InChI=1S/C18H27FN4O3/c1-3-26-18(24)23-10-7-14(8-11-23)22-17(20)21-9-6-13-4-5-15(19)16(12-13)25-2/h4-5,12,14H,3,6-11H2,1-2H3,(H3,20,21,22). The van der Waals surface area contributed by atoms with E-state index >= 15 is 0 Å². The number of benzene rings is 1. The van der Waals surface area contributed by atoms with Crippen molar-refractivity contribution in [1.82, 2.24) is 10.2 Å². The smallest absolute Gasteiger partial charge is 0.409 e. The number of nitrogens with one attached hydrogen (secondary N) is 1. The molecule has 1 aliphatic rings. The minimum absolute atomic E-state index is 0.190. The first-order valence-electron chi connectivity index (χ1n) is 8.84. The van der Waals surface area contributed by atoms with Crippen LogP contribution in [0, 0.1) is 5.82 Å². The lowest BCUT2D eigenvalue weighted by Crippen LogP contribution is -2.48. The summed E-state index contributed by atoms with van der Waals surface area (Å²) in [4.78, 5) is 17.7. The van der Waals surface area contributed by atoms with Crippen LogP contribution in [0.5, 0.6) is 5.75 Å². The van der Waals surface area contributed by atoms with Crippen LogP contribution in [0.15, 0.2) is 23.2 Å². The molecule has 0 radical (unpaired) electrons. The van der Waals surface area contributed by atoms with Crippen LogP contribution in [-0.4, -0.2) is 56.3 Å². The van der Waals surface area contributed by atoms with Crippen LogP contribution in [0.1, 0.15) is 25.3 Å². The van der Waals surface area contributed by atoms with Crippen molar-refractivity contribution in [2.24, 2.45) is 10.7 Å². The van der Waals surface area contributed by atoms with Crippen LogP contribution in [0.25, 0.3) is 0 Å². The molecule has 1 aromatic rings. The molecule has 0 atom stereocenters. The monoisotopic (exact) mass is 366 g/mol. The molecule has 8 heteroatoms. The number of aliphatic imine (C=N–C) groups is 1. The molecule has 0 bridgehead atoms. The van der Waals surface area contributed by atoms with Gasteiger partial charge in [0.2, 0.25) is 0 Å². The van der Waals surface area contributed by atoms with Gasteiger partial charge in [-0.1, -0.05) is 6.07 Å². The lowest BCUT2D eigenvalue weighted by Gasteiger charge is -2.31. The molecule has 1 saturated heterocycles. The summed E-state index contributed by atoms with van der Waals surface area (Å²) in [6.45, 7) is 3.95. The van der Waals surface area contributed by atoms with Gasteiger partial charge in [0.05, 0.1) is 13.7 Å². The van der Waals surface area contributed by atoms with Crippen molar-refractivity contribution in [2.45, 2.75) is 32.2 Å². The van der Waals surface area contributed by atoms with Crippen molar-refractivity contribution in [1.29, 1.82) is 0 Å². The van der Waals surface area contributed by atoms with E-state index < -0.39 is 0 Å². The van der Waals surface area contributed by atoms with Gasteiger partial charge in [0.15, 0.2) is 17.5 Å². The van der Waals surface area contributed by atoms with E-state index in [1.54, 1.807) is 24.0 Å². The molecule has 1 aromatic carbocycles. The van der Waals surface area contributed by atoms with Gasteiger partial charge in [-0.2, -0.15) is 0 Å². The molecule has 7 nitrogen and oxygen atoms in total. The average Bonchev–Trinajstić information content (AvgIpc) is 2.64. The Morgan fingerprint density at radius 2 is 2.15 bits per heavy atom. The molecule has 1 amide bonds. The fourth-order valence-corrected chi connectivity index (χ4v) is 2.84. The van der Waals surface area contributed by atoms with Crippen LogP contribution in [-0.2, 0) is 11.2 Å². The number of ether oxygens (including phenoxy) is 2. The molecule has 0 aromatic heterocycles. The van der Waals surface area contributed by atoms with Gasteiger partial charge >= 0.3 is 6.09 Å². The van der Waals surface area contributed by atoms with E-state index in [4.69, 9.17) is 15.2 Å². The summed E-state index contributed by atoms with van der Waals surface area (Å²) < 4.78 is 23.4. The Morgan fingerprint density at radius 3 is 2.81 bits per heavy atom. The highest BCUT2D eigenvalue weighted by Crippen LogP contribution is 2.18. The Balaban J connectivity index is 1.74. The second-order valence-corrected chi connectivity index (χ2v) is 6.09. The van der Waals surface area contributed by atoms with E-state index in [0.29, 0.717) is 38.6 Å². The van der Waals surface area contributed by atoms with Gasteiger partial charge in [-0.15, -0.1) is 0 Å². The maximum atomic E-state index is 13.4. The number of methoxy groups -OCH3 is 1. The molecule has 2 rings (SSSR count). The van der Waals surface area contributed by atoms with E-state index in [9.17, 15) is 9.18 Å². The quantitative estimate of drug-likeness (QED) is 0.593. The Labute approximate surface area is 153 Å². The number of nitrogens with zero attached hydrogens (tertiary/aromatic N) is 2. The number of likely N-dealkylation sites (tertiary alicyclic amines) is 1. The molecule has 1 heterocycles. The van der Waals surface area contributed by atoms with E-state index in [-0.39, 0.29) is 23.7 Å². The molecule has 144 valence electrons. The average molecular weight is 366 g/mol. The SMILES string of the molecule is CCOC(=O)N1CCC(NC(N)=NCCc2ccc(F)c(OC)c2)CC1. The summed E-state index contributed by atoms with van der Waals surface area (Å²) in [5.41, 5.74) is 6.87. The highest BCUT2D eigenvalue weighted by Gasteiger charge is 2.23. The van der Waals surface area contributed by atoms with Gasteiger partial charge in [0.1, 0.15) is 0 Å². The second-order valence-electron chi connectivity index (χ2n) is 6.09. The van der Waals surface area contributed by atoms with Crippen molar-refractivity contribution < 1.29 is 18.7 Å². The molecule has 26 heavy (non-hydrogen) atoms. The predicted octanol–water partition coefficient (Wildman–Crippen LogP) is 1.90. The van der Waals surface area contributed by atoms with Gasteiger partial charge in [0.25, 0.3) is 0 Å². The van der Waals surface area contributed by atoms with E-state index in [0.717, 1.165) is 18.4 Å². The number of guanidine groups is 1. The normalized spacial score (nSPS) is 15.7. The third-order valence-electron chi connectivity index (χ3n) is 4.27. The molecule has 0 spiro atoms. The Morgan fingerprint density at radius 1 is 1.42 bits per heavy atom. The van der Waals surface area contributed by atoms with E-state index in [1.807, 2.05) is 0 Å². The van der Waals surface area contributed by atoms with Crippen molar-refractivity contribution in [3.8, 4) is 5.75 Å². The number of nitrogens with two attached hydrogens (primary N) is 1. The zero-order valence-corrected chi connectivity index (χ0v) is 15.3. The van der Waals surface area contributed by atoms with Crippen LogP contribution < -0.4 is 15.8 Å². The number of piperidine rings is 1. The third-order valence-corrected chi connectivity index (χ3v) is 4.27. The zero-order valence-electron chi connectivity index (χ0n) is 15.3. The summed E-state index contributed by atoms with van der Waals surface area (Å²) in [6, 6.07) is 4.95. The van der Waals surface area contributed by atoms with E-state index in [1.165, 1.54) is 13.2 Å². The summed E-state index contributed by atoms with van der Waals surface area (Å²) in [6.07, 6.45) is 1.97. The highest BCUT2D eigenvalue weighted by atomic mass is 19.1. The Hall–Kier alpha value is -2.51. The molecule has 1 aliphatic heterocycles. The first kappa shape index (κ1) is 19.8. The first-order valence-corrected chi connectivity index (χ1v) is 8.84. The number of carbonyl (C=O) groups is 1. The Bertz CT molecular complexity index is 631. The molecule has 0 aliphatic carbocycles. The lowest BCUT2D eigenvalue weighted by molar-refractivity contribution is 0.0963. The molecule has 0 unspecified atom stereocenters. The minimum atomic E-state index is -0.380. The summed E-state index contributed by atoms with van der Waals surface area (Å²) >= 11 is 0. The van der Waals surface area contributed by atoms with Gasteiger partial charge in [-0.3, -0.25) is 4.99 Å². The van der Waals surface area contributed by atoms with Gasteiger partial charge in [0, 0.05) is 25.7 Å². The summed E-state index contributed by atoms with van der Waals surface area (Å²) in [5, 5.41) is 3.19. The van der Waals surface area contributed by atoms with Crippen molar-refractivity contribution in [2.75, 3.05) is 33.4 Å². The number of rotatable bonds is 6. The fraction of sp³-hybridized carbons (Fsp3) is 0.556. The largest absolute Gasteiger partial charge is 0.494 e. The summed E-state index contributed by atoms with van der Waals surface area (Å²) in [5.74, 6) is 0.231. The van der Waals surface area contributed by atoms with Crippen LogP contribution in [0.3, 0.4) is 0 Å². The van der Waals surface area contributed by atoms with Crippen molar-refractivity contribution in [3.63, 3.8) is 0 Å². The molecule has 3 N–H and O–H groups in total. The number of halogens is 1. The van der Waals surface area contributed by atoms with Crippen LogP contribution in [0.2, 0.25) is 0 Å². The number of amides is 1. The van der Waals surface area contributed by atoms with Gasteiger partial charge in [-0.25, -0.2) is 9.18 Å². The maximum Gasteiger partial charge on any atom is 0.409 e. The zero-order chi connectivity index (χ0) is 18.9. The van der Waals surface area contributed by atoms with E-state index in [2.05, 4.69) is 10.3 Å². The van der Waals surface area contributed by atoms with Crippen molar-refractivity contribution >= 4 is 12.1 Å². The van der Waals surface area contributed by atoms with Crippen molar-refractivity contribution in [3.05, 3.63) is 29.6 Å². The second kappa shape index (κ2) is 9.84. The summed E-state index contributed by atoms with van der Waals surface area (Å²) in [7, 11) is 1.44. The third kappa shape index (κ3) is 5.79. The predicted molar refractivity (Wildman–Crippen MR) is 97.9 cm³/mol. The fourth-order valence-electron chi connectivity index (χ4n) is 2.84. The maximum absolute atomic E-state index is 13.4. The number of hydrogen-bond acceptors (Lipinski definition) is 4. The molecular formula is C18H27FN4O3. The number of hydrogen-bond donors (Lipinski definition) is 2. The van der Waals surface area contributed by atoms with Gasteiger partial charge in [-0.05, 0) is 43.9 Å². The topological polar surface area (TPSA) is 89.2 Å². The molecular weight excluding hydrogens is 339 g/mol. The lowest BCUT2D eigenvalue weighted by atomic mass is 10.1. The van der Waals surface area contributed by atoms with Crippen LogP contribution >= 0.6 is 0 Å².